The van der Waals surface area contributed by atoms with E-state index in [0.717, 1.165) is 11.6 Å². The van der Waals surface area contributed by atoms with Crippen molar-refractivity contribution in [3.05, 3.63) is 124 Å². The van der Waals surface area contributed by atoms with Crippen LogP contribution >= 0.6 is 11.6 Å². The molecule has 2 heterocycles. The van der Waals surface area contributed by atoms with Crippen molar-refractivity contribution in [1.82, 2.24) is 20.1 Å². The molecule has 0 unspecified atom stereocenters. The van der Waals surface area contributed by atoms with Crippen molar-refractivity contribution in [3.63, 3.8) is 0 Å². The van der Waals surface area contributed by atoms with Crippen molar-refractivity contribution < 1.29 is 23.5 Å². The number of nitrogens with zero attached hydrogens (tertiary/aromatic N) is 3. The van der Waals surface area contributed by atoms with Crippen LogP contribution in [0.2, 0.25) is 5.02 Å². The van der Waals surface area contributed by atoms with Crippen LogP contribution in [0.3, 0.4) is 0 Å². The fourth-order valence-electron chi connectivity index (χ4n) is 4.14. The Morgan fingerprint density at radius 1 is 0.921 bits per heavy atom. The molecule has 1 amide bonds. The molecule has 0 aliphatic carbocycles. The largest absolute Gasteiger partial charge is 0.478 e. The Balaban J connectivity index is 1.54. The minimum atomic E-state index is -1.05. The summed E-state index contributed by atoms with van der Waals surface area (Å²) in [6, 6.07) is 18.0. The third kappa shape index (κ3) is 5.37. The third-order valence-corrected chi connectivity index (χ3v) is 6.17. The van der Waals surface area contributed by atoms with Crippen LogP contribution in [-0.4, -0.2) is 31.8 Å². The number of carbonyl (C=O) groups excluding carboxylic acids is 1. The summed E-state index contributed by atoms with van der Waals surface area (Å²) in [4.78, 5) is 24.5. The van der Waals surface area contributed by atoms with Gasteiger partial charge in [-0.1, -0.05) is 41.1 Å². The second-order valence-electron chi connectivity index (χ2n) is 8.62. The number of aromatic carboxylic acids is 1. The molecule has 10 heteroatoms. The minimum absolute atomic E-state index is 0.120. The molecule has 0 bridgehead atoms. The molecule has 7 nitrogen and oxygen atoms in total. The highest BCUT2D eigenvalue weighted by Crippen LogP contribution is 2.27. The van der Waals surface area contributed by atoms with Gasteiger partial charge >= 0.3 is 5.97 Å². The van der Waals surface area contributed by atoms with Gasteiger partial charge in [0.25, 0.3) is 5.91 Å². The summed E-state index contributed by atoms with van der Waals surface area (Å²) >= 11 is 6.13. The first-order chi connectivity index (χ1) is 18.3. The number of hydrogen-bond acceptors (Lipinski definition) is 4. The van der Waals surface area contributed by atoms with Crippen LogP contribution in [0.4, 0.5) is 8.78 Å². The monoisotopic (exact) mass is 532 g/mol. The summed E-state index contributed by atoms with van der Waals surface area (Å²) in [5.74, 6) is -3.02. The van der Waals surface area contributed by atoms with Gasteiger partial charge in [-0.3, -0.25) is 4.79 Å². The molecule has 0 aliphatic heterocycles. The molecule has 5 rings (SSSR count). The summed E-state index contributed by atoms with van der Waals surface area (Å²) in [6.45, 7) is 0.120. The number of pyridine rings is 1. The number of halogens is 3. The Morgan fingerprint density at radius 2 is 1.66 bits per heavy atom. The molecule has 0 saturated heterocycles. The Kier molecular flexibility index (Phi) is 6.85. The topological polar surface area (TPSA) is 96.6 Å². The number of carboxylic acids is 1. The molecule has 0 fully saturated rings. The van der Waals surface area contributed by atoms with Crippen LogP contribution < -0.4 is 5.32 Å². The lowest BCUT2D eigenvalue weighted by atomic mass is 10.0. The second-order valence-corrected chi connectivity index (χ2v) is 9.06. The first-order valence-electron chi connectivity index (χ1n) is 11.5. The van der Waals surface area contributed by atoms with E-state index in [-0.39, 0.29) is 23.2 Å². The lowest BCUT2D eigenvalue weighted by Crippen LogP contribution is -2.24. The van der Waals surface area contributed by atoms with Gasteiger partial charge in [0.1, 0.15) is 17.2 Å². The number of nitrogens with one attached hydrogen (secondary N) is 1. The lowest BCUT2D eigenvalue weighted by Gasteiger charge is -2.11. The van der Waals surface area contributed by atoms with E-state index in [2.05, 4.69) is 15.6 Å². The highest BCUT2D eigenvalue weighted by molar-refractivity contribution is 6.30. The number of rotatable bonds is 7. The highest BCUT2D eigenvalue weighted by Gasteiger charge is 2.20. The molecule has 0 spiro atoms. The van der Waals surface area contributed by atoms with Crippen molar-refractivity contribution in [2.75, 3.05) is 0 Å². The maximum atomic E-state index is 14.0. The quantitative estimate of drug-likeness (QED) is 0.286. The van der Waals surface area contributed by atoms with Crippen molar-refractivity contribution in [1.29, 1.82) is 0 Å². The van der Waals surface area contributed by atoms with Gasteiger partial charge in [-0.05, 0) is 59.2 Å². The molecule has 0 radical (unpaired) electrons. The zero-order valence-corrected chi connectivity index (χ0v) is 20.4. The molecule has 190 valence electrons. The zero-order valence-electron chi connectivity index (χ0n) is 19.7. The third-order valence-electron chi connectivity index (χ3n) is 5.94. The number of aromatic nitrogens is 3. The Hall–Kier alpha value is -4.63. The summed E-state index contributed by atoms with van der Waals surface area (Å²) in [7, 11) is 0. The van der Waals surface area contributed by atoms with Crippen molar-refractivity contribution in [2.24, 2.45) is 0 Å². The van der Waals surface area contributed by atoms with Gasteiger partial charge < -0.3 is 10.4 Å². The van der Waals surface area contributed by atoms with E-state index in [4.69, 9.17) is 16.7 Å². The number of amides is 1. The van der Waals surface area contributed by atoms with Crippen molar-refractivity contribution in [2.45, 2.75) is 13.0 Å². The molecule has 38 heavy (non-hydrogen) atoms. The van der Waals surface area contributed by atoms with E-state index in [1.165, 1.54) is 34.8 Å². The molecular weight excluding hydrogens is 514 g/mol. The summed E-state index contributed by atoms with van der Waals surface area (Å²) < 4.78 is 29.3. The van der Waals surface area contributed by atoms with Crippen LogP contribution in [-0.2, 0) is 13.0 Å². The maximum absolute atomic E-state index is 14.0. The summed E-state index contributed by atoms with van der Waals surface area (Å²) in [6.07, 6.45) is 1.90. The smallest absolute Gasteiger partial charge is 0.335 e. The average molecular weight is 533 g/mol. The van der Waals surface area contributed by atoms with E-state index in [1.807, 2.05) is 12.1 Å². The van der Waals surface area contributed by atoms with Gasteiger partial charge in [0.05, 0.1) is 16.8 Å². The van der Waals surface area contributed by atoms with E-state index in [9.17, 15) is 18.4 Å². The van der Waals surface area contributed by atoms with Crippen molar-refractivity contribution in [3.8, 4) is 11.1 Å². The predicted molar refractivity (Wildman–Crippen MR) is 137 cm³/mol. The van der Waals surface area contributed by atoms with E-state index >= 15 is 0 Å². The first-order valence-corrected chi connectivity index (χ1v) is 11.8. The molecule has 2 N–H and O–H groups in total. The van der Waals surface area contributed by atoms with E-state index < -0.39 is 23.5 Å². The fourth-order valence-corrected chi connectivity index (χ4v) is 4.36. The van der Waals surface area contributed by atoms with Crippen molar-refractivity contribution >= 4 is 29.0 Å². The standard InChI is InChI=1S/C28H19ClF2N4O3/c29-21-3-1-2-17(8-21)9-25-26-24(27(36)32-14-16-4-6-18(7-5-16)28(37)38)12-20(15-35(26)34-33-25)19-10-22(30)13-23(31)11-19/h1-8,10-13,15H,9,14H2,(H,32,36)(H,37,38). The Morgan fingerprint density at radius 3 is 2.34 bits per heavy atom. The number of benzene rings is 3. The van der Waals surface area contributed by atoms with Crippen LogP contribution in [0.1, 0.15) is 37.5 Å². The van der Waals surface area contributed by atoms with Gasteiger partial charge in [-0.25, -0.2) is 18.1 Å². The summed E-state index contributed by atoms with van der Waals surface area (Å²) in [5.41, 5.74) is 3.43. The van der Waals surface area contributed by atoms with E-state index in [1.54, 1.807) is 30.5 Å². The van der Waals surface area contributed by atoms with Gasteiger partial charge in [-0.15, -0.1) is 5.10 Å². The predicted octanol–water partition coefficient (Wildman–Crippen LogP) is 5.55. The maximum Gasteiger partial charge on any atom is 0.335 e. The number of carbonyl (C=O) groups is 2. The Labute approximate surface area is 220 Å². The van der Waals surface area contributed by atoms with Crippen LogP contribution in [0.25, 0.3) is 16.6 Å². The molecule has 0 aliphatic rings. The molecule has 2 aromatic heterocycles. The van der Waals surface area contributed by atoms with E-state index in [0.29, 0.717) is 33.8 Å². The zero-order chi connectivity index (χ0) is 26.8. The summed E-state index contributed by atoms with van der Waals surface area (Å²) in [5, 5.41) is 20.9. The lowest BCUT2D eigenvalue weighted by molar-refractivity contribution is 0.0696. The molecule has 3 aromatic carbocycles. The first kappa shape index (κ1) is 25.0. The SMILES string of the molecule is O=C(O)c1ccc(CNC(=O)c2cc(-c3cc(F)cc(F)c3)cn3nnc(Cc4cccc(Cl)c4)c23)cc1. The number of fused-ring (bicyclic) bond motifs is 1. The van der Waals surface area contributed by atoms with Crippen LogP contribution in [0, 0.1) is 11.6 Å². The molecular formula is C28H19ClF2N4O3. The molecule has 0 atom stereocenters. The normalized spacial score (nSPS) is 11.0. The number of carboxylic acid groups (broad SMARTS) is 1. The fraction of sp³-hybridized carbons (Fsp3) is 0.0714. The van der Waals surface area contributed by atoms with Gasteiger partial charge in [0.2, 0.25) is 0 Å². The average Bonchev–Trinajstić information content (AvgIpc) is 3.29. The Bertz CT molecular complexity index is 1670. The van der Waals surface area contributed by atoms with Crippen LogP contribution in [0.5, 0.6) is 0 Å². The van der Waals surface area contributed by atoms with Gasteiger partial charge in [0.15, 0.2) is 0 Å². The molecule has 0 saturated carbocycles. The van der Waals surface area contributed by atoms with Gasteiger partial charge in [-0.2, -0.15) is 0 Å². The van der Waals surface area contributed by atoms with Crippen LogP contribution in [0.15, 0.2) is 79.0 Å². The second kappa shape index (κ2) is 10.4. The number of hydrogen-bond donors (Lipinski definition) is 2. The highest BCUT2D eigenvalue weighted by atomic mass is 35.5. The minimum Gasteiger partial charge on any atom is -0.478 e. The molecule has 5 aromatic rings. The van der Waals surface area contributed by atoms with Gasteiger partial charge in [0, 0.05) is 35.8 Å².